The van der Waals surface area contributed by atoms with Crippen LogP contribution >= 0.6 is 0 Å². The summed E-state index contributed by atoms with van der Waals surface area (Å²) in [5.74, 6) is -0.327. The second-order valence-electron chi connectivity index (χ2n) is 7.97. The van der Waals surface area contributed by atoms with Crippen LogP contribution in [0.2, 0.25) is 0 Å². The summed E-state index contributed by atoms with van der Waals surface area (Å²) in [4.78, 5) is 28.6. The Morgan fingerprint density at radius 1 is 0.655 bits per heavy atom. The van der Waals surface area contributed by atoms with Crippen molar-refractivity contribution in [2.45, 2.75) is 11.8 Å². The van der Waals surface area contributed by atoms with Crippen molar-refractivity contribution in [2.75, 3.05) is 12.0 Å². The highest BCUT2D eigenvalue weighted by atomic mass is 16.5. The number of benzene rings is 3. The number of methoxy groups -OCH3 is 1. The number of imide groups is 1. The molecule has 2 bridgehead atoms. The fraction of sp³-hybridized carbons (Fsp3) is 0.200. The molecule has 2 atom stereocenters. The average molecular weight is 381 g/mol. The minimum absolute atomic E-state index is 0.0721. The Hall–Kier alpha value is -3.40. The van der Waals surface area contributed by atoms with E-state index in [0.29, 0.717) is 11.4 Å². The van der Waals surface area contributed by atoms with Gasteiger partial charge in [-0.05, 0) is 46.5 Å². The molecule has 29 heavy (non-hydrogen) atoms. The van der Waals surface area contributed by atoms with E-state index in [9.17, 15) is 9.59 Å². The minimum atomic E-state index is -0.348. The summed E-state index contributed by atoms with van der Waals surface area (Å²) in [7, 11) is 1.60. The van der Waals surface area contributed by atoms with Crippen molar-refractivity contribution < 1.29 is 14.3 Å². The molecule has 3 aliphatic carbocycles. The summed E-state index contributed by atoms with van der Waals surface area (Å²) in [6.45, 7) is 0. The smallest absolute Gasteiger partial charge is 0.238 e. The van der Waals surface area contributed by atoms with Crippen molar-refractivity contribution in [2.24, 2.45) is 11.8 Å². The van der Waals surface area contributed by atoms with Crippen molar-refractivity contribution in [1.82, 2.24) is 0 Å². The number of anilines is 1. The van der Waals surface area contributed by atoms with Gasteiger partial charge in [0.25, 0.3) is 0 Å². The van der Waals surface area contributed by atoms with Gasteiger partial charge in [0.1, 0.15) is 5.75 Å². The molecule has 0 aromatic heterocycles. The summed E-state index contributed by atoms with van der Waals surface area (Å²) in [6, 6.07) is 23.7. The van der Waals surface area contributed by atoms with E-state index in [4.69, 9.17) is 4.74 Å². The van der Waals surface area contributed by atoms with E-state index in [2.05, 4.69) is 24.3 Å². The molecule has 0 N–H and O–H groups in total. The first-order valence-electron chi connectivity index (χ1n) is 9.90. The summed E-state index contributed by atoms with van der Waals surface area (Å²) in [5, 5.41) is 0. The molecule has 1 aliphatic heterocycles. The van der Waals surface area contributed by atoms with Gasteiger partial charge in [0.2, 0.25) is 11.8 Å². The zero-order valence-electron chi connectivity index (χ0n) is 15.9. The van der Waals surface area contributed by atoms with E-state index >= 15 is 0 Å². The number of carbonyl (C=O) groups excluding carboxylic acids is 2. The Kier molecular flexibility index (Phi) is 3.31. The molecule has 1 saturated heterocycles. The van der Waals surface area contributed by atoms with Crippen molar-refractivity contribution in [3.05, 3.63) is 95.1 Å². The summed E-state index contributed by atoms with van der Waals surface area (Å²) >= 11 is 0. The molecule has 3 aromatic carbocycles. The van der Waals surface area contributed by atoms with Gasteiger partial charge < -0.3 is 4.74 Å². The van der Waals surface area contributed by atoms with E-state index in [-0.39, 0.29) is 35.5 Å². The normalized spacial score (nSPS) is 26.2. The molecule has 1 heterocycles. The first-order valence-corrected chi connectivity index (χ1v) is 9.90. The zero-order valence-corrected chi connectivity index (χ0v) is 15.9. The number of hydrogen-bond acceptors (Lipinski definition) is 3. The lowest BCUT2D eigenvalue weighted by Crippen LogP contribution is -2.41. The first-order chi connectivity index (χ1) is 14.2. The van der Waals surface area contributed by atoms with Gasteiger partial charge in [-0.1, -0.05) is 48.5 Å². The van der Waals surface area contributed by atoms with Crippen molar-refractivity contribution in [1.29, 1.82) is 0 Å². The van der Waals surface area contributed by atoms with Crippen LogP contribution in [0, 0.1) is 11.8 Å². The third kappa shape index (κ3) is 2.03. The monoisotopic (exact) mass is 381 g/mol. The second kappa shape index (κ2) is 5.80. The van der Waals surface area contributed by atoms with Crippen LogP contribution in [0.3, 0.4) is 0 Å². The molecular weight excluding hydrogens is 362 g/mol. The molecule has 3 aromatic rings. The highest BCUT2D eigenvalue weighted by Gasteiger charge is 2.61. The number of carbonyl (C=O) groups is 2. The van der Waals surface area contributed by atoms with E-state index in [1.54, 1.807) is 31.4 Å². The number of ether oxygens (including phenoxy) is 1. The van der Waals surface area contributed by atoms with E-state index in [0.717, 1.165) is 0 Å². The standard InChI is InChI=1S/C25H19NO3/c1-29-15-12-10-14(11-13-15)26-24(27)22-20-16-6-2-3-7-17(16)21(23(22)25(26)28)19-9-5-4-8-18(19)20/h2-13,20-23H,1H3/t20?,21?,22-,23-/m0/s1. The Labute approximate surface area is 168 Å². The van der Waals surface area contributed by atoms with Gasteiger partial charge in [-0.15, -0.1) is 0 Å². The molecular formula is C25H19NO3. The van der Waals surface area contributed by atoms with Gasteiger partial charge in [-0.25, -0.2) is 4.90 Å². The first kappa shape index (κ1) is 16.5. The Bertz CT molecular complexity index is 1050. The van der Waals surface area contributed by atoms with Gasteiger partial charge >= 0.3 is 0 Å². The maximum atomic E-state index is 13.6. The zero-order chi connectivity index (χ0) is 19.7. The van der Waals surface area contributed by atoms with Crippen LogP contribution in [0.25, 0.3) is 0 Å². The van der Waals surface area contributed by atoms with E-state index < -0.39 is 0 Å². The number of rotatable bonds is 2. The van der Waals surface area contributed by atoms with Gasteiger partial charge in [-0.2, -0.15) is 0 Å². The highest BCUT2D eigenvalue weighted by Crippen LogP contribution is 2.61. The highest BCUT2D eigenvalue weighted by molar-refractivity contribution is 6.23. The molecule has 0 radical (unpaired) electrons. The van der Waals surface area contributed by atoms with E-state index in [1.165, 1.54) is 27.2 Å². The SMILES string of the molecule is COc1ccc(N2C(=O)[C@H]3C4c5ccccc5C(c5ccccc54)[C@@H]3C2=O)cc1. The van der Waals surface area contributed by atoms with Gasteiger partial charge in [0.05, 0.1) is 24.6 Å². The summed E-state index contributed by atoms with van der Waals surface area (Å²) in [5.41, 5.74) is 5.37. The maximum Gasteiger partial charge on any atom is 0.238 e. The van der Waals surface area contributed by atoms with Crippen LogP contribution in [0.4, 0.5) is 5.69 Å². The summed E-state index contributed by atoms with van der Waals surface area (Å²) < 4.78 is 5.22. The second-order valence-corrected chi connectivity index (χ2v) is 7.97. The third-order valence-corrected chi connectivity index (χ3v) is 6.78. The maximum absolute atomic E-state index is 13.6. The Balaban J connectivity index is 1.53. The molecule has 0 unspecified atom stereocenters. The minimum Gasteiger partial charge on any atom is -0.497 e. The number of amides is 2. The predicted octanol–water partition coefficient (Wildman–Crippen LogP) is 4.09. The van der Waals surface area contributed by atoms with Crippen LogP contribution in [0.5, 0.6) is 5.75 Å². The van der Waals surface area contributed by atoms with Crippen molar-refractivity contribution in [3.63, 3.8) is 0 Å². The van der Waals surface area contributed by atoms with Gasteiger partial charge in [0.15, 0.2) is 0 Å². The van der Waals surface area contributed by atoms with Crippen molar-refractivity contribution in [3.8, 4) is 5.75 Å². The molecule has 1 fully saturated rings. The number of nitrogens with zero attached hydrogens (tertiary/aromatic N) is 1. The molecule has 0 spiro atoms. The molecule has 4 heteroatoms. The van der Waals surface area contributed by atoms with E-state index in [1.807, 2.05) is 24.3 Å². The van der Waals surface area contributed by atoms with Crippen LogP contribution < -0.4 is 9.64 Å². The largest absolute Gasteiger partial charge is 0.497 e. The topological polar surface area (TPSA) is 46.6 Å². The Morgan fingerprint density at radius 2 is 1.07 bits per heavy atom. The fourth-order valence-corrected chi connectivity index (χ4v) is 5.66. The average Bonchev–Trinajstić information content (AvgIpc) is 3.04. The fourth-order valence-electron chi connectivity index (χ4n) is 5.66. The quantitative estimate of drug-likeness (QED) is 0.628. The van der Waals surface area contributed by atoms with Gasteiger partial charge in [-0.3, -0.25) is 9.59 Å². The molecule has 7 rings (SSSR count). The van der Waals surface area contributed by atoms with Crippen LogP contribution in [0.15, 0.2) is 72.8 Å². The van der Waals surface area contributed by atoms with Crippen LogP contribution in [-0.2, 0) is 9.59 Å². The molecule has 0 saturated carbocycles. The summed E-state index contributed by atoms with van der Waals surface area (Å²) in [6.07, 6.45) is 0. The lowest BCUT2D eigenvalue weighted by atomic mass is 9.55. The lowest BCUT2D eigenvalue weighted by Gasteiger charge is -2.45. The number of hydrogen-bond donors (Lipinski definition) is 0. The van der Waals surface area contributed by atoms with Gasteiger partial charge in [0, 0.05) is 11.8 Å². The van der Waals surface area contributed by atoms with Crippen LogP contribution in [0.1, 0.15) is 34.1 Å². The third-order valence-electron chi connectivity index (χ3n) is 6.78. The lowest BCUT2D eigenvalue weighted by molar-refractivity contribution is -0.122. The molecule has 2 amide bonds. The van der Waals surface area contributed by atoms with Crippen molar-refractivity contribution >= 4 is 17.5 Å². The van der Waals surface area contributed by atoms with Crippen LogP contribution in [-0.4, -0.2) is 18.9 Å². The molecule has 142 valence electrons. The Morgan fingerprint density at radius 3 is 1.45 bits per heavy atom. The predicted molar refractivity (Wildman–Crippen MR) is 109 cm³/mol. The molecule has 4 aliphatic rings. The molecule has 4 nitrogen and oxygen atoms in total.